The molecule has 0 saturated carbocycles. The number of thioether (sulfide) groups is 1. The summed E-state index contributed by atoms with van der Waals surface area (Å²) in [7, 11) is 0. The molecule has 1 aliphatic rings. The maximum atomic E-state index is 12.1. The minimum Gasteiger partial charge on any atom is -0.444 e. The zero-order chi connectivity index (χ0) is 14.9. The summed E-state index contributed by atoms with van der Waals surface area (Å²) in [5, 5.41) is 0.632. The zero-order valence-corrected chi connectivity index (χ0v) is 13.1. The smallest absolute Gasteiger partial charge is 0.410 e. The second kappa shape index (κ2) is 5.47. The molecule has 7 heteroatoms. The number of carbonyl (C=O) groups is 1. The summed E-state index contributed by atoms with van der Waals surface area (Å²) in [4.78, 5) is 22.4. The highest BCUT2D eigenvalue weighted by atomic mass is 32.2. The first-order valence-electron chi connectivity index (χ1n) is 6.47. The average Bonchev–Trinajstić information content (AvgIpc) is 2.35. The lowest BCUT2D eigenvalue weighted by Gasteiger charge is -2.31. The van der Waals surface area contributed by atoms with Gasteiger partial charge >= 0.3 is 6.09 Å². The van der Waals surface area contributed by atoms with Crippen LogP contribution in [0.15, 0.2) is 5.16 Å². The van der Waals surface area contributed by atoms with Gasteiger partial charge in [-0.05, 0) is 33.4 Å². The number of anilines is 1. The third-order valence-electron chi connectivity index (χ3n) is 2.91. The van der Waals surface area contributed by atoms with Crippen LogP contribution in [0.2, 0.25) is 0 Å². The minimum atomic E-state index is -0.494. The molecule has 2 rings (SSSR count). The van der Waals surface area contributed by atoms with Crippen LogP contribution in [0.4, 0.5) is 10.6 Å². The van der Waals surface area contributed by atoms with Gasteiger partial charge in [0.15, 0.2) is 5.16 Å². The van der Waals surface area contributed by atoms with E-state index < -0.39 is 5.60 Å². The van der Waals surface area contributed by atoms with Gasteiger partial charge in [-0.2, -0.15) is 0 Å². The quantitative estimate of drug-likeness (QED) is 0.631. The van der Waals surface area contributed by atoms with E-state index in [1.807, 2.05) is 27.0 Å². The molecule has 0 radical (unpaired) electrons. The molecule has 0 bridgehead atoms. The van der Waals surface area contributed by atoms with Gasteiger partial charge in [0.25, 0.3) is 0 Å². The molecule has 2 N–H and O–H groups in total. The van der Waals surface area contributed by atoms with E-state index in [2.05, 4.69) is 9.97 Å². The van der Waals surface area contributed by atoms with E-state index in [9.17, 15) is 4.79 Å². The third kappa shape index (κ3) is 3.33. The number of carbonyl (C=O) groups excluding carboxylic acids is 1. The first-order valence-corrected chi connectivity index (χ1v) is 7.70. The third-order valence-corrected chi connectivity index (χ3v) is 3.46. The van der Waals surface area contributed by atoms with Crippen molar-refractivity contribution in [2.45, 2.75) is 44.5 Å². The van der Waals surface area contributed by atoms with E-state index in [0.717, 1.165) is 11.3 Å². The number of hydrogen-bond donors (Lipinski definition) is 1. The first-order chi connectivity index (χ1) is 9.30. The number of hydrogen-bond acceptors (Lipinski definition) is 6. The molecule has 1 amide bonds. The highest BCUT2D eigenvalue weighted by Gasteiger charge is 2.28. The molecular weight excluding hydrogens is 276 g/mol. The Kier molecular flexibility index (Phi) is 4.08. The van der Waals surface area contributed by atoms with Gasteiger partial charge in [-0.25, -0.2) is 14.8 Å². The van der Waals surface area contributed by atoms with Crippen LogP contribution >= 0.6 is 11.8 Å². The molecule has 6 nitrogen and oxygen atoms in total. The molecule has 1 aromatic rings. The second-order valence-electron chi connectivity index (χ2n) is 5.67. The van der Waals surface area contributed by atoms with Crippen molar-refractivity contribution in [3.8, 4) is 0 Å². The second-order valence-corrected chi connectivity index (χ2v) is 6.45. The van der Waals surface area contributed by atoms with Crippen molar-refractivity contribution < 1.29 is 9.53 Å². The van der Waals surface area contributed by atoms with Gasteiger partial charge < -0.3 is 15.4 Å². The normalized spacial score (nSPS) is 14.9. The molecule has 1 aromatic heterocycles. The standard InChI is InChI=1S/C13H20N4O2S/c1-13(2,3)19-12(18)17-6-5-8-9(7-17)15-11(20-4)16-10(8)14/h5-7H2,1-4H3,(H2,14,15,16). The van der Waals surface area contributed by atoms with Crippen LogP contribution in [0.5, 0.6) is 0 Å². The number of rotatable bonds is 1. The summed E-state index contributed by atoms with van der Waals surface area (Å²) in [5.41, 5.74) is 7.21. The molecule has 0 saturated heterocycles. The van der Waals surface area contributed by atoms with E-state index in [0.29, 0.717) is 30.5 Å². The molecular formula is C13H20N4O2S. The molecule has 0 atom stereocenters. The average molecular weight is 296 g/mol. The topological polar surface area (TPSA) is 81.3 Å². The van der Waals surface area contributed by atoms with Crippen LogP contribution in [0.25, 0.3) is 0 Å². The molecule has 0 aliphatic carbocycles. The van der Waals surface area contributed by atoms with Crippen molar-refractivity contribution in [3.05, 3.63) is 11.3 Å². The lowest BCUT2D eigenvalue weighted by atomic mass is 10.1. The Hall–Kier alpha value is -1.50. The van der Waals surface area contributed by atoms with Crippen LogP contribution in [0.3, 0.4) is 0 Å². The lowest BCUT2D eigenvalue weighted by molar-refractivity contribution is 0.0220. The summed E-state index contributed by atoms with van der Waals surface area (Å²) < 4.78 is 5.39. The van der Waals surface area contributed by atoms with Gasteiger partial charge in [0, 0.05) is 12.1 Å². The van der Waals surface area contributed by atoms with Gasteiger partial charge in [-0.1, -0.05) is 11.8 Å². The molecule has 0 unspecified atom stereocenters. The minimum absolute atomic E-state index is 0.314. The number of amides is 1. The maximum absolute atomic E-state index is 12.1. The number of nitrogens with two attached hydrogens (primary N) is 1. The summed E-state index contributed by atoms with van der Waals surface area (Å²) in [5.74, 6) is 0.517. The number of aromatic nitrogens is 2. The highest BCUT2D eigenvalue weighted by molar-refractivity contribution is 7.98. The number of ether oxygens (including phenoxy) is 1. The molecule has 20 heavy (non-hydrogen) atoms. The van der Waals surface area contributed by atoms with E-state index in [4.69, 9.17) is 10.5 Å². The first kappa shape index (κ1) is 14.9. The Labute approximate surface area is 123 Å². The predicted molar refractivity (Wildman–Crippen MR) is 78.6 cm³/mol. The van der Waals surface area contributed by atoms with Crippen molar-refractivity contribution in [1.82, 2.24) is 14.9 Å². The van der Waals surface area contributed by atoms with Gasteiger partial charge in [0.05, 0.1) is 12.2 Å². The summed E-state index contributed by atoms with van der Waals surface area (Å²) in [6.45, 7) is 6.57. The Balaban J connectivity index is 2.18. The largest absolute Gasteiger partial charge is 0.444 e. The Morgan fingerprint density at radius 3 is 2.70 bits per heavy atom. The van der Waals surface area contributed by atoms with Crippen LogP contribution in [-0.4, -0.2) is 39.4 Å². The SMILES string of the molecule is CSc1nc(N)c2c(n1)CN(C(=O)OC(C)(C)C)CC2. The van der Waals surface area contributed by atoms with E-state index in [-0.39, 0.29) is 6.09 Å². The number of nitrogen functional groups attached to an aromatic ring is 1. The summed E-state index contributed by atoms with van der Waals surface area (Å²) in [6.07, 6.45) is 2.25. The van der Waals surface area contributed by atoms with Gasteiger partial charge in [0.1, 0.15) is 11.4 Å². The van der Waals surface area contributed by atoms with E-state index >= 15 is 0 Å². The van der Waals surface area contributed by atoms with Gasteiger partial charge in [-0.15, -0.1) is 0 Å². The van der Waals surface area contributed by atoms with Gasteiger partial charge in [-0.3, -0.25) is 0 Å². The Bertz CT molecular complexity index is 528. The summed E-state index contributed by atoms with van der Waals surface area (Å²) >= 11 is 1.44. The highest BCUT2D eigenvalue weighted by Crippen LogP contribution is 2.25. The molecule has 0 spiro atoms. The molecule has 2 heterocycles. The summed E-state index contributed by atoms with van der Waals surface area (Å²) in [6, 6.07) is 0. The molecule has 0 fully saturated rings. The lowest BCUT2D eigenvalue weighted by Crippen LogP contribution is -2.40. The number of nitrogens with zero attached hydrogens (tertiary/aromatic N) is 3. The van der Waals surface area contributed by atoms with Crippen molar-refractivity contribution in [3.63, 3.8) is 0 Å². The monoisotopic (exact) mass is 296 g/mol. The van der Waals surface area contributed by atoms with Crippen molar-refractivity contribution in [2.24, 2.45) is 0 Å². The Morgan fingerprint density at radius 2 is 2.10 bits per heavy atom. The van der Waals surface area contributed by atoms with Crippen LogP contribution in [0.1, 0.15) is 32.0 Å². The number of fused-ring (bicyclic) bond motifs is 1. The maximum Gasteiger partial charge on any atom is 0.410 e. The van der Waals surface area contributed by atoms with Crippen molar-refractivity contribution in [2.75, 3.05) is 18.5 Å². The zero-order valence-electron chi connectivity index (χ0n) is 12.3. The molecule has 110 valence electrons. The molecule has 0 aromatic carbocycles. The molecule has 1 aliphatic heterocycles. The van der Waals surface area contributed by atoms with Crippen molar-refractivity contribution in [1.29, 1.82) is 0 Å². The van der Waals surface area contributed by atoms with Crippen molar-refractivity contribution >= 4 is 23.7 Å². The van der Waals surface area contributed by atoms with E-state index in [1.54, 1.807) is 4.90 Å². The van der Waals surface area contributed by atoms with Crippen LogP contribution in [0, 0.1) is 0 Å². The van der Waals surface area contributed by atoms with E-state index in [1.165, 1.54) is 11.8 Å². The van der Waals surface area contributed by atoms with Gasteiger partial charge in [0.2, 0.25) is 0 Å². The fourth-order valence-corrected chi connectivity index (χ4v) is 2.40. The predicted octanol–water partition coefficient (Wildman–Crippen LogP) is 2.07. The fraction of sp³-hybridized carbons (Fsp3) is 0.615. The van der Waals surface area contributed by atoms with Crippen LogP contribution in [-0.2, 0) is 17.7 Å². The Morgan fingerprint density at radius 1 is 1.40 bits per heavy atom. The van der Waals surface area contributed by atoms with Crippen LogP contribution < -0.4 is 5.73 Å². The fourth-order valence-electron chi connectivity index (χ4n) is 2.01.